The smallest absolute Gasteiger partial charge is 0.248 e. The van der Waals surface area contributed by atoms with Crippen LogP contribution in [0.4, 0.5) is 0 Å². The second kappa shape index (κ2) is 6.72. The molecule has 4 aromatic rings. The molecule has 5 heteroatoms. The first-order valence-electron chi connectivity index (χ1n) is 8.12. The van der Waals surface area contributed by atoms with Gasteiger partial charge in [-0.3, -0.25) is 4.79 Å². The molecule has 0 N–H and O–H groups in total. The molecule has 0 fully saturated rings. The molecule has 2 aromatic carbocycles. The molecule has 4 rings (SSSR count). The number of hydrogen-bond donors (Lipinski definition) is 0. The minimum Gasteiger partial charge on any atom is -0.496 e. The third kappa shape index (κ3) is 2.91. The van der Waals surface area contributed by atoms with Crippen molar-refractivity contribution in [1.29, 1.82) is 0 Å². The van der Waals surface area contributed by atoms with Gasteiger partial charge in [0.15, 0.2) is 5.76 Å². The van der Waals surface area contributed by atoms with Gasteiger partial charge in [-0.25, -0.2) is 4.98 Å². The van der Waals surface area contributed by atoms with Crippen molar-refractivity contribution in [2.24, 2.45) is 0 Å². The van der Waals surface area contributed by atoms with Crippen molar-refractivity contribution in [3.63, 3.8) is 0 Å². The highest BCUT2D eigenvalue weighted by molar-refractivity contribution is 6.05. The average molecular weight is 344 g/mol. The molecule has 0 atom stereocenters. The summed E-state index contributed by atoms with van der Waals surface area (Å²) in [5.74, 6) is 0.844. The van der Waals surface area contributed by atoms with Crippen LogP contribution in [0.5, 0.6) is 5.75 Å². The Labute approximate surface area is 150 Å². The number of ketones is 1. The van der Waals surface area contributed by atoms with Crippen LogP contribution in [-0.2, 0) is 0 Å². The predicted octanol–water partition coefficient (Wildman–Crippen LogP) is 4.37. The van der Waals surface area contributed by atoms with E-state index in [0.29, 0.717) is 5.69 Å². The van der Waals surface area contributed by atoms with Gasteiger partial charge < -0.3 is 13.7 Å². The maximum absolute atomic E-state index is 12.3. The molecule has 0 spiro atoms. The standard InChI is InChI=1S/C21H16N2O3/c1-25-19-9-3-2-8-17(19)15-6-4-7-16(12-15)23-13-18(22-14-23)21(24)20-10-5-11-26-20/h2-14H,1H3. The summed E-state index contributed by atoms with van der Waals surface area (Å²) in [5, 5.41) is 0. The van der Waals surface area contributed by atoms with E-state index in [-0.39, 0.29) is 11.5 Å². The Morgan fingerprint density at radius 3 is 2.77 bits per heavy atom. The number of carbonyl (C=O) groups excluding carboxylic acids is 1. The van der Waals surface area contributed by atoms with E-state index < -0.39 is 0 Å². The lowest BCUT2D eigenvalue weighted by atomic mass is 10.0. The Kier molecular flexibility index (Phi) is 4.11. The van der Waals surface area contributed by atoms with Crippen molar-refractivity contribution in [2.45, 2.75) is 0 Å². The Hall–Kier alpha value is -3.60. The minimum absolute atomic E-state index is 0.241. The topological polar surface area (TPSA) is 57.3 Å². The molecule has 0 saturated heterocycles. The summed E-state index contributed by atoms with van der Waals surface area (Å²) < 4.78 is 12.4. The van der Waals surface area contributed by atoms with Crippen molar-refractivity contribution in [3.8, 4) is 22.6 Å². The summed E-state index contributed by atoms with van der Waals surface area (Å²) in [6, 6.07) is 19.1. The Balaban J connectivity index is 1.68. The van der Waals surface area contributed by atoms with E-state index in [0.717, 1.165) is 22.6 Å². The van der Waals surface area contributed by atoms with Gasteiger partial charge in [-0.15, -0.1) is 0 Å². The van der Waals surface area contributed by atoms with Crippen molar-refractivity contribution in [1.82, 2.24) is 9.55 Å². The van der Waals surface area contributed by atoms with Crippen molar-refractivity contribution < 1.29 is 13.9 Å². The summed E-state index contributed by atoms with van der Waals surface area (Å²) in [5.41, 5.74) is 3.26. The van der Waals surface area contributed by atoms with E-state index in [1.54, 1.807) is 31.8 Å². The van der Waals surface area contributed by atoms with Gasteiger partial charge in [-0.05, 0) is 35.9 Å². The third-order valence-corrected chi connectivity index (χ3v) is 4.12. The molecule has 0 amide bonds. The second-order valence-electron chi connectivity index (χ2n) is 5.72. The summed E-state index contributed by atoms with van der Waals surface area (Å²) in [7, 11) is 1.66. The zero-order valence-corrected chi connectivity index (χ0v) is 14.1. The Bertz CT molecular complexity index is 1050. The number of rotatable bonds is 5. The number of nitrogens with zero attached hydrogens (tertiary/aromatic N) is 2. The molecule has 0 saturated carbocycles. The minimum atomic E-state index is -0.241. The van der Waals surface area contributed by atoms with Gasteiger partial charge in [0.05, 0.1) is 13.4 Å². The highest BCUT2D eigenvalue weighted by Crippen LogP contribution is 2.30. The van der Waals surface area contributed by atoms with Crippen LogP contribution in [0.3, 0.4) is 0 Å². The third-order valence-electron chi connectivity index (χ3n) is 4.12. The molecule has 128 valence electrons. The van der Waals surface area contributed by atoms with Crippen LogP contribution >= 0.6 is 0 Å². The molecule has 0 radical (unpaired) electrons. The van der Waals surface area contributed by atoms with Gasteiger partial charge in [0, 0.05) is 17.4 Å². The fourth-order valence-electron chi connectivity index (χ4n) is 2.83. The highest BCUT2D eigenvalue weighted by atomic mass is 16.5. The molecular formula is C21H16N2O3. The summed E-state index contributed by atoms with van der Waals surface area (Å²) in [6.45, 7) is 0. The number of ether oxygens (including phenoxy) is 1. The number of methoxy groups -OCH3 is 1. The molecule has 2 aromatic heterocycles. The maximum atomic E-state index is 12.3. The number of carbonyl (C=O) groups is 1. The van der Waals surface area contributed by atoms with Crippen LogP contribution in [-0.4, -0.2) is 22.4 Å². The molecule has 5 nitrogen and oxygen atoms in total. The van der Waals surface area contributed by atoms with Crippen LogP contribution in [0.25, 0.3) is 16.8 Å². The predicted molar refractivity (Wildman–Crippen MR) is 97.7 cm³/mol. The van der Waals surface area contributed by atoms with Gasteiger partial charge in [-0.1, -0.05) is 30.3 Å². The van der Waals surface area contributed by atoms with Crippen LogP contribution in [0.2, 0.25) is 0 Å². The Morgan fingerprint density at radius 2 is 1.96 bits per heavy atom. The largest absolute Gasteiger partial charge is 0.496 e. The van der Waals surface area contributed by atoms with Crippen molar-refractivity contribution in [3.05, 3.63) is 90.9 Å². The van der Waals surface area contributed by atoms with Crippen LogP contribution in [0, 0.1) is 0 Å². The molecule has 0 unspecified atom stereocenters. The van der Waals surface area contributed by atoms with E-state index >= 15 is 0 Å². The molecule has 0 aliphatic heterocycles. The lowest BCUT2D eigenvalue weighted by molar-refractivity contribution is 0.100. The van der Waals surface area contributed by atoms with Gasteiger partial charge in [0.1, 0.15) is 17.8 Å². The van der Waals surface area contributed by atoms with Gasteiger partial charge in [-0.2, -0.15) is 0 Å². The summed E-state index contributed by atoms with van der Waals surface area (Å²) in [4.78, 5) is 16.6. The van der Waals surface area contributed by atoms with Crippen LogP contribution in [0.1, 0.15) is 16.2 Å². The normalized spacial score (nSPS) is 10.7. The first kappa shape index (κ1) is 15.9. The maximum Gasteiger partial charge on any atom is 0.248 e. The molecule has 26 heavy (non-hydrogen) atoms. The number of aromatic nitrogens is 2. The number of furan rings is 1. The SMILES string of the molecule is COc1ccccc1-c1cccc(-n2cnc(C(=O)c3ccco3)c2)c1. The van der Waals surface area contributed by atoms with E-state index in [4.69, 9.17) is 9.15 Å². The summed E-state index contributed by atoms with van der Waals surface area (Å²) >= 11 is 0. The van der Waals surface area contributed by atoms with E-state index in [1.807, 2.05) is 53.1 Å². The van der Waals surface area contributed by atoms with Gasteiger partial charge >= 0.3 is 0 Å². The molecule has 0 aliphatic rings. The fraction of sp³-hybridized carbons (Fsp3) is 0.0476. The molecule has 2 heterocycles. The first-order valence-corrected chi connectivity index (χ1v) is 8.12. The number of benzene rings is 2. The summed E-state index contributed by atoms with van der Waals surface area (Å²) in [6.07, 6.45) is 4.80. The second-order valence-corrected chi connectivity index (χ2v) is 5.72. The zero-order chi connectivity index (χ0) is 17.9. The molecular weight excluding hydrogens is 328 g/mol. The zero-order valence-electron chi connectivity index (χ0n) is 14.1. The number of para-hydroxylation sites is 1. The van der Waals surface area contributed by atoms with Crippen LogP contribution in [0.15, 0.2) is 83.9 Å². The van der Waals surface area contributed by atoms with E-state index in [1.165, 1.54) is 6.26 Å². The number of imidazole rings is 1. The van der Waals surface area contributed by atoms with Crippen molar-refractivity contribution >= 4 is 5.78 Å². The van der Waals surface area contributed by atoms with Gasteiger partial charge in [0.2, 0.25) is 5.78 Å². The number of hydrogen-bond acceptors (Lipinski definition) is 4. The quantitative estimate of drug-likeness (QED) is 0.504. The van der Waals surface area contributed by atoms with Crippen molar-refractivity contribution in [2.75, 3.05) is 7.11 Å². The average Bonchev–Trinajstić information content (AvgIpc) is 3.39. The first-order chi connectivity index (χ1) is 12.8. The lowest BCUT2D eigenvalue weighted by Crippen LogP contribution is -1.99. The van der Waals surface area contributed by atoms with Gasteiger partial charge in [0.25, 0.3) is 0 Å². The molecule has 0 bridgehead atoms. The Morgan fingerprint density at radius 1 is 1.08 bits per heavy atom. The molecule has 0 aliphatic carbocycles. The van der Waals surface area contributed by atoms with Crippen LogP contribution < -0.4 is 4.74 Å². The van der Waals surface area contributed by atoms with E-state index in [2.05, 4.69) is 4.98 Å². The highest BCUT2D eigenvalue weighted by Gasteiger charge is 2.15. The monoisotopic (exact) mass is 344 g/mol. The fourth-order valence-corrected chi connectivity index (χ4v) is 2.83. The van der Waals surface area contributed by atoms with E-state index in [9.17, 15) is 4.79 Å². The lowest BCUT2D eigenvalue weighted by Gasteiger charge is -2.10.